The molecule has 2 aromatic carbocycles. The van der Waals surface area contributed by atoms with Gasteiger partial charge < -0.3 is 34.2 Å². The largest absolute Gasteiger partial charge is 0.496 e. The molecule has 10 rings (SSSR count). The lowest BCUT2D eigenvalue weighted by molar-refractivity contribution is 0.393. The molecular weight excluding hydrogens is 1290 g/mol. The average Bonchev–Trinajstić information content (AvgIpc) is 4.23. The van der Waals surface area contributed by atoms with E-state index in [2.05, 4.69) is 64.3 Å². The molecule has 10 aromatic rings. The van der Waals surface area contributed by atoms with Gasteiger partial charge in [-0.15, -0.1) is 22.7 Å². The SMILES string of the molecule is C.COc1cc2c(cc1-c1c(C)noc1C)[nH]c1nc(C)nc(Cc3sc(C)nc3C)c12.COc1cc2c(cc1-c1c(C)noc1C)[nH]c1nc(C)nc(Cl)c12.Cc1nc(C)c(N)s1.S=S=S=S=S=S=S=S=S=S=S=S=S. The molecule has 15 nitrogen and oxygen atoms in total. The van der Waals surface area contributed by atoms with Crippen molar-refractivity contribution in [3.8, 4) is 33.8 Å². The number of nitrogens with two attached hydrogens (primary N) is 1. The first kappa shape index (κ1) is 62.6. The highest BCUT2D eigenvalue weighted by Crippen LogP contribution is 2.42. The summed E-state index contributed by atoms with van der Waals surface area (Å²) in [6.07, 6.45) is 0.720. The normalized spacial score (nSPS) is 10.5. The minimum absolute atomic E-state index is 0. The maximum Gasteiger partial charge on any atom is 0.143 e. The van der Waals surface area contributed by atoms with E-state index in [1.807, 2.05) is 74.4 Å². The van der Waals surface area contributed by atoms with Crippen LogP contribution in [0, 0.1) is 69.2 Å². The molecule has 0 amide bonds. The summed E-state index contributed by atoms with van der Waals surface area (Å²) in [6, 6.07) is 8.10. The highest BCUT2D eigenvalue weighted by molar-refractivity contribution is 8.75. The second-order valence-electron chi connectivity index (χ2n) is 15.9. The number of nitrogen functional groups attached to an aromatic ring is 1. The number of ether oxygens (including phenoxy) is 2. The average molecular weight is 1340 g/mol. The number of aryl methyl sites for hydroxylation is 10. The van der Waals surface area contributed by atoms with Gasteiger partial charge in [-0.3, -0.25) is 0 Å². The van der Waals surface area contributed by atoms with Crippen molar-refractivity contribution in [1.29, 1.82) is 0 Å². The number of nitrogens with zero attached hydrogens (tertiary/aromatic N) is 8. The third kappa shape index (κ3) is 15.5. The number of thiazole rings is 2. The number of H-pyrrole nitrogens is 2. The molecule has 8 heterocycles. The topological polar surface area (TPSA) is 205 Å². The molecule has 410 valence electrons. The summed E-state index contributed by atoms with van der Waals surface area (Å²) in [5.74, 6) is 4.35. The van der Waals surface area contributed by atoms with Gasteiger partial charge in [-0.05, 0) is 93.5 Å². The van der Waals surface area contributed by atoms with E-state index < -0.39 is 0 Å². The minimum Gasteiger partial charge on any atom is -0.496 e. The summed E-state index contributed by atoms with van der Waals surface area (Å²) in [4.78, 5) is 34.9. The van der Waals surface area contributed by atoms with Crippen LogP contribution in [0.5, 0.6) is 11.5 Å². The fraction of sp³-hybridized carbons (Fsp3) is 0.304. The number of hydrogen-bond acceptors (Lipinski definition) is 17. The number of nitrogens with one attached hydrogen (secondary N) is 2. The molecule has 0 aliphatic rings. The van der Waals surface area contributed by atoms with Crippen LogP contribution in [0.4, 0.5) is 5.00 Å². The van der Waals surface area contributed by atoms with Crippen molar-refractivity contribution >= 4 is 203 Å². The lowest BCUT2D eigenvalue weighted by Crippen LogP contribution is -1.98. The molecule has 0 unspecified atom stereocenters. The summed E-state index contributed by atoms with van der Waals surface area (Å²) >= 11 is 19.0. The molecule has 77 heavy (non-hydrogen) atoms. The Balaban J connectivity index is 0.000000184. The summed E-state index contributed by atoms with van der Waals surface area (Å²) in [5, 5.41) is 15.3. The molecule has 0 fully saturated rings. The van der Waals surface area contributed by atoms with Crippen molar-refractivity contribution in [1.82, 2.24) is 50.2 Å². The fourth-order valence-corrected chi connectivity index (χ4v) is 34.7. The van der Waals surface area contributed by atoms with Gasteiger partial charge in [-0.2, -0.15) is 0 Å². The molecule has 31 heteroatoms. The van der Waals surface area contributed by atoms with E-state index in [0.29, 0.717) is 16.6 Å². The summed E-state index contributed by atoms with van der Waals surface area (Å²) < 4.78 is 22.1. The molecular formula is C46H50ClN11O4S15. The van der Waals surface area contributed by atoms with Crippen molar-refractivity contribution < 1.29 is 18.5 Å². The highest BCUT2D eigenvalue weighted by atomic mass is 35.5. The first-order valence-electron chi connectivity index (χ1n) is 21.9. The lowest BCUT2D eigenvalue weighted by Gasteiger charge is -2.09. The first-order valence-corrected chi connectivity index (χ1v) is 40.0. The Morgan fingerprint density at radius 3 is 1.40 bits per heavy atom. The van der Waals surface area contributed by atoms with Crippen LogP contribution in [0.2, 0.25) is 5.15 Å². The number of rotatable bonds is 6. The van der Waals surface area contributed by atoms with Crippen molar-refractivity contribution in [3.05, 3.63) is 95.9 Å². The number of halogens is 1. The molecule has 0 aliphatic heterocycles. The predicted octanol–water partition coefficient (Wildman–Crippen LogP) is 11.7. The van der Waals surface area contributed by atoms with Crippen molar-refractivity contribution in [2.75, 3.05) is 20.0 Å². The zero-order valence-electron chi connectivity index (χ0n) is 42.3. The fourth-order valence-electron chi connectivity index (χ4n) is 8.04. The van der Waals surface area contributed by atoms with Crippen LogP contribution in [-0.2, 0) is 126 Å². The number of anilines is 1. The molecule has 0 atom stereocenters. The van der Waals surface area contributed by atoms with Crippen molar-refractivity contribution in [2.24, 2.45) is 0 Å². The van der Waals surface area contributed by atoms with E-state index >= 15 is 0 Å². The summed E-state index contributed by atoms with van der Waals surface area (Å²) in [7, 11) is 21.4. The number of fused-ring (bicyclic) bond motifs is 6. The van der Waals surface area contributed by atoms with Gasteiger partial charge in [0.2, 0.25) is 0 Å². The van der Waals surface area contributed by atoms with E-state index in [1.165, 1.54) is 34.0 Å². The van der Waals surface area contributed by atoms with E-state index in [-0.39, 0.29) is 7.43 Å². The van der Waals surface area contributed by atoms with Gasteiger partial charge in [-0.1, -0.05) is 29.3 Å². The van der Waals surface area contributed by atoms with E-state index in [0.717, 1.165) is 139 Å². The molecule has 0 aliphatic carbocycles. The molecule has 4 N–H and O–H groups in total. The van der Waals surface area contributed by atoms with Crippen LogP contribution in [0.3, 0.4) is 0 Å². The van der Waals surface area contributed by atoms with Gasteiger partial charge in [0.25, 0.3) is 0 Å². The maximum atomic E-state index is 6.33. The van der Waals surface area contributed by atoms with Crippen LogP contribution in [0.1, 0.15) is 74.0 Å². The molecule has 0 bridgehead atoms. The Morgan fingerprint density at radius 2 is 1.01 bits per heavy atom. The number of hydrogen-bond donors (Lipinski definition) is 3. The Morgan fingerprint density at radius 1 is 0.571 bits per heavy atom. The third-order valence-corrected chi connectivity index (χ3v) is 35.4. The third-order valence-electron chi connectivity index (χ3n) is 10.9. The summed E-state index contributed by atoms with van der Waals surface area (Å²) in [6.45, 7) is 19.3. The number of methoxy groups -OCH3 is 2. The lowest BCUT2D eigenvalue weighted by atomic mass is 10.00. The molecule has 0 saturated heterocycles. The van der Waals surface area contributed by atoms with Crippen LogP contribution in [-0.4, -0.2) is 64.4 Å². The predicted molar refractivity (Wildman–Crippen MR) is 353 cm³/mol. The van der Waals surface area contributed by atoms with Crippen LogP contribution in [0.15, 0.2) is 33.3 Å². The number of benzene rings is 2. The van der Waals surface area contributed by atoms with Crippen LogP contribution in [0.25, 0.3) is 66.1 Å². The van der Waals surface area contributed by atoms with E-state index in [1.54, 1.807) is 105 Å². The van der Waals surface area contributed by atoms with Gasteiger partial charge >= 0.3 is 0 Å². The zero-order chi connectivity index (χ0) is 54.8. The second kappa shape index (κ2) is 29.2. The number of aromatic amines is 2. The Bertz CT molecular complexity index is 4250. The number of aromatic nitrogens is 10. The van der Waals surface area contributed by atoms with Gasteiger partial charge in [0.15, 0.2) is 0 Å². The highest BCUT2D eigenvalue weighted by Gasteiger charge is 2.23. The Kier molecular flexibility index (Phi) is 23.8. The maximum absolute atomic E-state index is 6.33. The van der Waals surface area contributed by atoms with Gasteiger partial charge in [0, 0.05) is 170 Å². The molecule has 0 saturated carbocycles. The molecule has 0 radical (unpaired) electrons. The first-order chi connectivity index (χ1) is 36.5. The van der Waals surface area contributed by atoms with E-state index in [4.69, 9.17) is 63.2 Å². The van der Waals surface area contributed by atoms with Gasteiger partial charge in [-0.25, -0.2) is 29.9 Å². The Hall–Kier alpha value is -3.57. The molecule has 0 spiro atoms. The molecule has 8 aromatic heterocycles. The van der Waals surface area contributed by atoms with Crippen molar-refractivity contribution in [2.45, 2.75) is 83.1 Å². The quantitative estimate of drug-likeness (QED) is 0.132. The van der Waals surface area contributed by atoms with E-state index in [9.17, 15) is 0 Å². The minimum atomic E-state index is 0. The van der Waals surface area contributed by atoms with Gasteiger partial charge in [0.05, 0.1) is 69.2 Å². The standard InChI is InChI=1S/C23H23N5O2S.C17H15ClN4O2.C5H8N2S.CH4.S13/c1-10-20(31-14(5)24-10)9-18-22-15-8-19(29-6)16(21-11(2)28-30-12(21)3)7-17(15)27-23(22)26-13(4)25-18;1-7-14(8(2)24-22-7)11-5-12-10(6-13(11)23-4)15-16(18)19-9(3)20-17(15)21-12;1-3-5(6)8-4(2)7-3;;1-3-5-7-9-11-13-12-10-8-6-4-2/h7-8H,9H2,1-6H3,(H,25,26,27);5-6H,1-4H3,(H,19,20,21);6H2,1-2H3;1H4;. The van der Waals surface area contributed by atoms with Crippen LogP contribution < -0.4 is 15.2 Å². The smallest absolute Gasteiger partial charge is 0.143 e. The Labute approximate surface area is 499 Å². The summed E-state index contributed by atoms with van der Waals surface area (Å²) in [5.41, 5.74) is 17.3. The van der Waals surface area contributed by atoms with Crippen molar-refractivity contribution in [3.63, 3.8) is 0 Å². The second-order valence-corrected chi connectivity index (χ2v) is 38.3. The van der Waals surface area contributed by atoms with Gasteiger partial charge in [0.1, 0.15) is 56.1 Å². The monoisotopic (exact) mass is 1330 g/mol. The van der Waals surface area contributed by atoms with Crippen LogP contribution >= 0.6 is 34.3 Å². The zero-order valence-corrected chi connectivity index (χ0v) is 55.3.